The Balaban J connectivity index is 1.58. The van der Waals surface area contributed by atoms with E-state index in [2.05, 4.69) is 29.4 Å². The van der Waals surface area contributed by atoms with E-state index in [1.165, 1.54) is 28.0 Å². The van der Waals surface area contributed by atoms with Gasteiger partial charge in [-0.25, -0.2) is 0 Å². The largest absolute Gasteiger partial charge is 0.299 e. The number of carbonyl (C=O) groups is 2. The number of benzene rings is 1. The molecule has 2 aromatic rings. The summed E-state index contributed by atoms with van der Waals surface area (Å²) in [4.78, 5) is 26.7. The van der Waals surface area contributed by atoms with E-state index in [4.69, 9.17) is 12.2 Å². The van der Waals surface area contributed by atoms with Gasteiger partial charge in [0.2, 0.25) is 11.0 Å². The minimum Gasteiger partial charge on any atom is -0.299 e. The Kier molecular flexibility index (Phi) is 7.29. The van der Waals surface area contributed by atoms with Crippen molar-refractivity contribution >= 4 is 62.7 Å². The maximum Gasteiger partial charge on any atom is 0.266 e. The molecule has 1 N–H and O–H groups in total. The summed E-state index contributed by atoms with van der Waals surface area (Å²) in [5, 5.41) is 12.0. The smallest absolute Gasteiger partial charge is 0.266 e. The van der Waals surface area contributed by atoms with Crippen LogP contribution in [0.15, 0.2) is 47.4 Å². The average Bonchev–Trinajstić information content (AvgIpc) is 3.21. The molecule has 2 heterocycles. The van der Waals surface area contributed by atoms with Gasteiger partial charge in [0, 0.05) is 6.42 Å². The second kappa shape index (κ2) is 9.91. The van der Waals surface area contributed by atoms with Gasteiger partial charge in [-0.2, -0.15) is 0 Å². The SMILES string of the molecule is CC(C)Cc1nnc(NC(=O)CN2C(=O)C(=CC=Cc3ccccc3)SC2=S)s1. The minimum atomic E-state index is -0.352. The van der Waals surface area contributed by atoms with Crippen molar-refractivity contribution in [3.63, 3.8) is 0 Å². The van der Waals surface area contributed by atoms with Crippen molar-refractivity contribution in [2.45, 2.75) is 20.3 Å². The molecule has 9 heteroatoms. The third-order valence-corrected chi connectivity index (χ3v) is 6.06. The number of amides is 2. The summed E-state index contributed by atoms with van der Waals surface area (Å²) >= 11 is 7.80. The first-order valence-corrected chi connectivity index (χ1v) is 11.1. The first kappa shape index (κ1) is 21.4. The molecule has 6 nitrogen and oxygen atoms in total. The molecule has 150 valence electrons. The summed E-state index contributed by atoms with van der Waals surface area (Å²) < 4.78 is 0.363. The third kappa shape index (κ3) is 6.06. The number of nitrogens with one attached hydrogen (secondary N) is 1. The highest BCUT2D eigenvalue weighted by atomic mass is 32.2. The van der Waals surface area contributed by atoms with Crippen LogP contribution in [0.1, 0.15) is 24.4 Å². The predicted octanol–water partition coefficient (Wildman–Crippen LogP) is 4.13. The molecule has 0 aliphatic carbocycles. The number of thiocarbonyl (C=S) groups is 1. The number of hydrogen-bond acceptors (Lipinski definition) is 7. The average molecular weight is 445 g/mol. The van der Waals surface area contributed by atoms with Crippen molar-refractivity contribution in [2.24, 2.45) is 5.92 Å². The van der Waals surface area contributed by atoms with Gasteiger partial charge in [-0.05, 0) is 17.6 Å². The Labute approximate surface area is 183 Å². The van der Waals surface area contributed by atoms with Gasteiger partial charge < -0.3 is 0 Å². The monoisotopic (exact) mass is 444 g/mol. The summed E-state index contributed by atoms with van der Waals surface area (Å²) in [5.74, 6) is -0.162. The van der Waals surface area contributed by atoms with E-state index in [1.807, 2.05) is 36.4 Å². The zero-order valence-corrected chi connectivity index (χ0v) is 18.4. The van der Waals surface area contributed by atoms with E-state index in [0.29, 0.717) is 20.3 Å². The molecule has 3 rings (SSSR count). The summed E-state index contributed by atoms with van der Waals surface area (Å²) in [6, 6.07) is 9.78. The Bertz CT molecular complexity index is 967. The zero-order valence-electron chi connectivity index (χ0n) is 16.0. The predicted molar refractivity (Wildman–Crippen MR) is 123 cm³/mol. The fourth-order valence-electron chi connectivity index (χ4n) is 2.50. The number of carbonyl (C=O) groups excluding carboxylic acids is 2. The zero-order chi connectivity index (χ0) is 20.8. The summed E-state index contributed by atoms with van der Waals surface area (Å²) in [5.41, 5.74) is 1.03. The van der Waals surface area contributed by atoms with E-state index in [-0.39, 0.29) is 18.4 Å². The second-order valence-electron chi connectivity index (χ2n) is 6.71. The molecule has 1 fully saturated rings. The van der Waals surface area contributed by atoms with Crippen LogP contribution in [0.2, 0.25) is 0 Å². The Hall–Kier alpha value is -2.36. The van der Waals surface area contributed by atoms with Crippen LogP contribution in [0.3, 0.4) is 0 Å². The van der Waals surface area contributed by atoms with Crippen LogP contribution < -0.4 is 5.32 Å². The normalized spacial score (nSPS) is 15.8. The fourth-order valence-corrected chi connectivity index (χ4v) is 4.67. The molecular weight excluding hydrogens is 424 g/mol. The molecule has 1 aromatic heterocycles. The third-order valence-electron chi connectivity index (χ3n) is 3.81. The number of thioether (sulfide) groups is 1. The first-order chi connectivity index (χ1) is 13.9. The van der Waals surface area contributed by atoms with Crippen LogP contribution in [0.5, 0.6) is 0 Å². The van der Waals surface area contributed by atoms with Gasteiger partial charge in [0.15, 0.2) is 0 Å². The van der Waals surface area contributed by atoms with Crippen LogP contribution in [-0.2, 0) is 16.0 Å². The number of aromatic nitrogens is 2. The van der Waals surface area contributed by atoms with Gasteiger partial charge >= 0.3 is 0 Å². The molecule has 0 bridgehead atoms. The number of anilines is 1. The molecule has 1 aromatic carbocycles. The van der Waals surface area contributed by atoms with Gasteiger partial charge in [-0.3, -0.25) is 19.8 Å². The van der Waals surface area contributed by atoms with Crippen molar-refractivity contribution in [3.05, 3.63) is 58.0 Å². The summed E-state index contributed by atoms with van der Waals surface area (Å²) in [6.07, 6.45) is 6.24. The summed E-state index contributed by atoms with van der Waals surface area (Å²) in [6.45, 7) is 4.04. The van der Waals surface area contributed by atoms with Crippen molar-refractivity contribution < 1.29 is 9.59 Å². The standard InChI is InChI=1S/C20H20N4O2S3/c1-13(2)11-17-22-23-19(29-17)21-16(25)12-24-18(26)15(28-20(24)27)10-6-9-14-7-4-3-5-8-14/h3-10,13H,11-12H2,1-2H3,(H,21,23,25). The minimum absolute atomic E-state index is 0.149. The van der Waals surface area contributed by atoms with E-state index in [0.717, 1.165) is 17.0 Å². The lowest BCUT2D eigenvalue weighted by molar-refractivity contribution is -0.126. The molecule has 1 saturated heterocycles. The summed E-state index contributed by atoms with van der Waals surface area (Å²) in [7, 11) is 0. The van der Waals surface area contributed by atoms with Crippen LogP contribution in [0, 0.1) is 5.92 Å². The Morgan fingerprint density at radius 2 is 2.03 bits per heavy atom. The van der Waals surface area contributed by atoms with Crippen LogP contribution in [0.25, 0.3) is 6.08 Å². The van der Waals surface area contributed by atoms with Crippen LogP contribution in [0.4, 0.5) is 5.13 Å². The van der Waals surface area contributed by atoms with E-state index >= 15 is 0 Å². The van der Waals surface area contributed by atoms with Crippen molar-refractivity contribution in [3.8, 4) is 0 Å². The van der Waals surface area contributed by atoms with Crippen molar-refractivity contribution in [1.82, 2.24) is 15.1 Å². The fraction of sp³-hybridized carbons (Fsp3) is 0.250. The maximum absolute atomic E-state index is 12.6. The molecule has 1 aliphatic heterocycles. The van der Waals surface area contributed by atoms with Gasteiger partial charge in [-0.1, -0.05) is 91.6 Å². The molecule has 0 saturated carbocycles. The second-order valence-corrected chi connectivity index (χ2v) is 9.44. The lowest BCUT2D eigenvalue weighted by Crippen LogP contribution is -2.36. The van der Waals surface area contributed by atoms with Crippen LogP contribution >= 0.6 is 35.3 Å². The Morgan fingerprint density at radius 3 is 2.76 bits per heavy atom. The maximum atomic E-state index is 12.6. The molecule has 0 atom stereocenters. The number of allylic oxidation sites excluding steroid dienone is 2. The van der Waals surface area contributed by atoms with Crippen molar-refractivity contribution in [1.29, 1.82) is 0 Å². The van der Waals surface area contributed by atoms with Gasteiger partial charge in [0.05, 0.1) is 4.91 Å². The van der Waals surface area contributed by atoms with Gasteiger partial charge in [0.25, 0.3) is 5.91 Å². The quantitative estimate of drug-likeness (QED) is 0.511. The number of rotatable bonds is 7. The number of nitrogens with zero attached hydrogens (tertiary/aromatic N) is 3. The van der Waals surface area contributed by atoms with Gasteiger partial charge in [-0.15, -0.1) is 10.2 Å². The highest BCUT2D eigenvalue weighted by Gasteiger charge is 2.33. The molecule has 0 radical (unpaired) electrons. The molecule has 2 amide bonds. The topological polar surface area (TPSA) is 75.2 Å². The molecule has 0 unspecified atom stereocenters. The van der Waals surface area contributed by atoms with Crippen molar-refractivity contribution in [2.75, 3.05) is 11.9 Å². The first-order valence-electron chi connectivity index (χ1n) is 9.01. The number of hydrogen-bond donors (Lipinski definition) is 1. The highest BCUT2D eigenvalue weighted by molar-refractivity contribution is 8.26. The molecule has 29 heavy (non-hydrogen) atoms. The van der Waals surface area contributed by atoms with E-state index in [1.54, 1.807) is 12.2 Å². The lowest BCUT2D eigenvalue weighted by Gasteiger charge is -2.12. The highest BCUT2D eigenvalue weighted by Crippen LogP contribution is 2.31. The lowest BCUT2D eigenvalue weighted by atomic mass is 10.1. The molecule has 1 aliphatic rings. The Morgan fingerprint density at radius 1 is 1.28 bits per heavy atom. The molecular formula is C20H20N4O2S3. The van der Waals surface area contributed by atoms with Gasteiger partial charge in [0.1, 0.15) is 15.9 Å². The molecule has 0 spiro atoms. The van der Waals surface area contributed by atoms with E-state index in [9.17, 15) is 9.59 Å². The van der Waals surface area contributed by atoms with Crippen LogP contribution in [-0.4, -0.2) is 37.8 Å². The van der Waals surface area contributed by atoms with E-state index < -0.39 is 0 Å².